The third-order valence-electron chi connectivity index (χ3n) is 6.56. The van der Waals surface area contributed by atoms with Crippen LogP contribution in [0.4, 0.5) is 0 Å². The van der Waals surface area contributed by atoms with Crippen molar-refractivity contribution in [2.75, 3.05) is 45.9 Å². The maximum atomic E-state index is 13.8. The molecule has 148 valence electrons. The molecule has 0 spiro atoms. The monoisotopic (exact) mass is 379 g/mol. The van der Waals surface area contributed by atoms with Crippen molar-refractivity contribution >= 4 is 5.91 Å². The van der Waals surface area contributed by atoms with E-state index in [9.17, 15) is 4.79 Å². The summed E-state index contributed by atoms with van der Waals surface area (Å²) in [4.78, 5) is 17.5. The Labute approximate surface area is 168 Å². The normalized spacial score (nSPS) is 22.5. The van der Waals surface area contributed by atoms with Gasteiger partial charge in [-0.25, -0.2) is 0 Å². The summed E-state index contributed by atoms with van der Waals surface area (Å²) in [5.41, 5.74) is 1.68. The Morgan fingerprint density at radius 1 is 1.00 bits per heavy atom. The van der Waals surface area contributed by atoms with Gasteiger partial charge in [-0.1, -0.05) is 60.7 Å². The quantitative estimate of drug-likeness (QED) is 0.830. The zero-order valence-corrected chi connectivity index (χ0v) is 16.8. The molecule has 2 aliphatic rings. The number of morpholine rings is 1. The van der Waals surface area contributed by atoms with Crippen LogP contribution in [0.25, 0.3) is 0 Å². The van der Waals surface area contributed by atoms with E-state index in [1.54, 1.807) is 4.90 Å². The van der Waals surface area contributed by atoms with Gasteiger partial charge in [0.1, 0.15) is 18.5 Å². The van der Waals surface area contributed by atoms with Gasteiger partial charge in [0.2, 0.25) is 5.91 Å². The molecular formula is C24H31N2O2+. The van der Waals surface area contributed by atoms with Crippen molar-refractivity contribution in [2.45, 2.75) is 18.8 Å². The third kappa shape index (κ3) is 3.36. The minimum Gasteiger partial charge on any atom is -0.370 e. The molecule has 2 fully saturated rings. The summed E-state index contributed by atoms with van der Waals surface area (Å²) in [5.74, 6) is 0.537. The number of amides is 1. The molecule has 1 amide bonds. The maximum absolute atomic E-state index is 13.8. The van der Waals surface area contributed by atoms with Crippen LogP contribution in [0.15, 0.2) is 60.7 Å². The van der Waals surface area contributed by atoms with E-state index in [-0.39, 0.29) is 11.8 Å². The molecule has 2 aromatic carbocycles. The fraction of sp³-hybridized carbons (Fsp3) is 0.458. The number of carbonyl (C=O) groups is 1. The standard InChI is InChI=1S/C24H30N2O2/c1-2-26-19-22(13-14-25-15-17-28-18-16-25)24(23(26)27,20-9-5-3-6-10-20)21-11-7-4-8-12-21/h3-12,22H,2,13-19H2,1H3/p+1/t22-/m0/s1. The molecule has 4 heteroatoms. The topological polar surface area (TPSA) is 34.0 Å². The predicted molar refractivity (Wildman–Crippen MR) is 110 cm³/mol. The van der Waals surface area contributed by atoms with Crippen molar-refractivity contribution in [3.63, 3.8) is 0 Å². The average molecular weight is 380 g/mol. The minimum atomic E-state index is -0.579. The van der Waals surface area contributed by atoms with Gasteiger partial charge in [0, 0.05) is 25.4 Å². The van der Waals surface area contributed by atoms with Crippen LogP contribution in [0.5, 0.6) is 0 Å². The second-order valence-corrected chi connectivity index (χ2v) is 7.98. The highest BCUT2D eigenvalue weighted by Gasteiger charge is 2.55. The van der Waals surface area contributed by atoms with Crippen LogP contribution >= 0.6 is 0 Å². The molecular weight excluding hydrogens is 348 g/mol. The van der Waals surface area contributed by atoms with E-state index in [2.05, 4.69) is 60.4 Å². The van der Waals surface area contributed by atoms with Gasteiger partial charge in [-0.2, -0.15) is 0 Å². The summed E-state index contributed by atoms with van der Waals surface area (Å²) >= 11 is 0. The largest absolute Gasteiger partial charge is 0.370 e. The molecule has 0 unspecified atom stereocenters. The molecule has 28 heavy (non-hydrogen) atoms. The van der Waals surface area contributed by atoms with E-state index in [1.807, 2.05) is 12.1 Å². The number of likely N-dealkylation sites (tertiary alicyclic amines) is 1. The number of quaternary nitrogens is 1. The molecule has 4 nitrogen and oxygen atoms in total. The van der Waals surface area contributed by atoms with Crippen molar-refractivity contribution in [3.05, 3.63) is 71.8 Å². The first-order chi connectivity index (χ1) is 13.8. The number of hydrogen-bond acceptors (Lipinski definition) is 2. The van der Waals surface area contributed by atoms with Gasteiger partial charge in [0.25, 0.3) is 0 Å². The highest BCUT2D eigenvalue weighted by molar-refractivity contribution is 5.94. The van der Waals surface area contributed by atoms with Crippen LogP contribution in [0.3, 0.4) is 0 Å². The Hall–Kier alpha value is -2.17. The molecule has 0 bridgehead atoms. The van der Waals surface area contributed by atoms with E-state index in [0.29, 0.717) is 0 Å². The van der Waals surface area contributed by atoms with Gasteiger partial charge in [-0.3, -0.25) is 4.79 Å². The number of nitrogens with one attached hydrogen (secondary N) is 1. The number of carbonyl (C=O) groups excluding carboxylic acids is 1. The van der Waals surface area contributed by atoms with Gasteiger partial charge >= 0.3 is 0 Å². The Morgan fingerprint density at radius 2 is 1.57 bits per heavy atom. The van der Waals surface area contributed by atoms with Gasteiger partial charge in [-0.15, -0.1) is 0 Å². The molecule has 0 radical (unpaired) electrons. The molecule has 1 N–H and O–H groups in total. The lowest BCUT2D eigenvalue weighted by Gasteiger charge is -2.35. The van der Waals surface area contributed by atoms with Gasteiger partial charge in [0.05, 0.1) is 19.8 Å². The van der Waals surface area contributed by atoms with Gasteiger partial charge < -0.3 is 14.5 Å². The van der Waals surface area contributed by atoms with Crippen LogP contribution in [0.2, 0.25) is 0 Å². The smallest absolute Gasteiger partial charge is 0.238 e. The van der Waals surface area contributed by atoms with Crippen molar-refractivity contribution < 1.29 is 14.4 Å². The van der Waals surface area contributed by atoms with E-state index in [0.717, 1.165) is 63.5 Å². The molecule has 2 heterocycles. The van der Waals surface area contributed by atoms with Gasteiger partial charge in [-0.05, 0) is 18.1 Å². The lowest BCUT2D eigenvalue weighted by molar-refractivity contribution is -0.908. The first kappa shape index (κ1) is 19.2. The van der Waals surface area contributed by atoms with E-state index in [4.69, 9.17) is 4.74 Å². The molecule has 2 aliphatic heterocycles. The fourth-order valence-corrected chi connectivity index (χ4v) is 5.07. The summed E-state index contributed by atoms with van der Waals surface area (Å²) in [5, 5.41) is 0. The molecule has 4 rings (SSSR count). The zero-order valence-electron chi connectivity index (χ0n) is 16.8. The Balaban J connectivity index is 1.74. The Bertz CT molecular complexity index is 732. The van der Waals surface area contributed by atoms with Crippen LogP contribution in [0.1, 0.15) is 24.5 Å². The summed E-state index contributed by atoms with van der Waals surface area (Å²) < 4.78 is 5.52. The lowest BCUT2D eigenvalue weighted by atomic mass is 9.66. The molecule has 0 aliphatic carbocycles. The molecule has 1 atom stereocenters. The Kier molecular flexibility index (Phi) is 5.79. The number of rotatable bonds is 6. The van der Waals surface area contributed by atoms with Crippen molar-refractivity contribution in [3.8, 4) is 0 Å². The first-order valence-corrected chi connectivity index (χ1v) is 10.6. The first-order valence-electron chi connectivity index (χ1n) is 10.6. The van der Waals surface area contributed by atoms with Crippen molar-refractivity contribution in [1.82, 2.24) is 4.90 Å². The molecule has 2 aromatic rings. The Morgan fingerprint density at radius 3 is 2.11 bits per heavy atom. The fourth-order valence-electron chi connectivity index (χ4n) is 5.07. The highest BCUT2D eigenvalue weighted by atomic mass is 16.5. The second kappa shape index (κ2) is 8.46. The number of benzene rings is 2. The van der Waals surface area contributed by atoms with Crippen LogP contribution in [-0.2, 0) is 14.9 Å². The highest BCUT2D eigenvalue weighted by Crippen LogP contribution is 2.47. The van der Waals surface area contributed by atoms with Crippen molar-refractivity contribution in [1.29, 1.82) is 0 Å². The molecule has 0 saturated carbocycles. The minimum absolute atomic E-state index is 0.259. The SMILES string of the molecule is CCN1C[C@H](CC[NH+]2CCOCC2)C(c2ccccc2)(c2ccccc2)C1=O. The maximum Gasteiger partial charge on any atom is 0.238 e. The number of nitrogens with zero attached hydrogens (tertiary/aromatic N) is 1. The predicted octanol–water partition coefficient (Wildman–Crippen LogP) is 1.76. The van der Waals surface area contributed by atoms with Crippen LogP contribution in [0, 0.1) is 5.92 Å². The molecule has 2 saturated heterocycles. The second-order valence-electron chi connectivity index (χ2n) is 7.98. The van der Waals surface area contributed by atoms with Crippen LogP contribution < -0.4 is 4.90 Å². The third-order valence-corrected chi connectivity index (χ3v) is 6.56. The van der Waals surface area contributed by atoms with E-state index in [1.165, 1.54) is 0 Å². The summed E-state index contributed by atoms with van der Waals surface area (Å²) in [6.07, 6.45) is 1.04. The summed E-state index contributed by atoms with van der Waals surface area (Å²) in [6.45, 7) is 8.63. The van der Waals surface area contributed by atoms with E-state index < -0.39 is 5.41 Å². The zero-order chi connectivity index (χ0) is 19.4. The lowest BCUT2D eigenvalue weighted by Crippen LogP contribution is -3.14. The number of hydrogen-bond donors (Lipinski definition) is 1. The average Bonchev–Trinajstić information content (AvgIpc) is 3.06. The summed E-state index contributed by atoms with van der Waals surface area (Å²) in [7, 11) is 0. The molecule has 0 aromatic heterocycles. The van der Waals surface area contributed by atoms with Crippen molar-refractivity contribution in [2.24, 2.45) is 5.92 Å². The number of likely N-dealkylation sites (N-methyl/N-ethyl adjacent to an activating group) is 1. The summed E-state index contributed by atoms with van der Waals surface area (Å²) in [6, 6.07) is 20.9. The number of ether oxygens (including phenoxy) is 1. The van der Waals surface area contributed by atoms with E-state index >= 15 is 0 Å². The van der Waals surface area contributed by atoms with Gasteiger partial charge in [0.15, 0.2) is 0 Å². The van der Waals surface area contributed by atoms with Crippen LogP contribution in [-0.4, -0.2) is 56.7 Å².